The molecule has 1 saturated carbocycles. The second kappa shape index (κ2) is 8.65. The maximum atomic E-state index is 14.8. The van der Waals surface area contributed by atoms with E-state index >= 15 is 0 Å². The number of nitrogen functional groups attached to an aromatic ring is 1. The predicted octanol–water partition coefficient (Wildman–Crippen LogP) is 2.08. The van der Waals surface area contributed by atoms with E-state index in [1.807, 2.05) is 0 Å². The molecule has 0 spiro atoms. The third-order valence-corrected chi connectivity index (χ3v) is 7.00. The first-order chi connectivity index (χ1) is 17.3. The first-order valence-corrected chi connectivity index (χ1v) is 12.0. The molecule has 0 aromatic carbocycles. The van der Waals surface area contributed by atoms with Gasteiger partial charge in [0.25, 0.3) is 6.43 Å². The molecule has 4 aromatic heterocycles. The summed E-state index contributed by atoms with van der Waals surface area (Å²) >= 11 is 0. The molecular formula is C23H25BF3N9. The molecule has 13 heteroatoms. The lowest BCUT2D eigenvalue weighted by Gasteiger charge is -2.35. The van der Waals surface area contributed by atoms with Crippen LogP contribution in [-0.2, 0) is 6.54 Å². The minimum atomic E-state index is -2.54. The van der Waals surface area contributed by atoms with Gasteiger partial charge in [-0.05, 0) is 50.0 Å². The Balaban J connectivity index is 1.33. The van der Waals surface area contributed by atoms with E-state index in [9.17, 15) is 13.2 Å². The molecule has 1 saturated heterocycles. The van der Waals surface area contributed by atoms with Gasteiger partial charge in [0.05, 0.1) is 18.3 Å². The maximum absolute atomic E-state index is 14.8. The summed E-state index contributed by atoms with van der Waals surface area (Å²) in [5.74, 6) is 0.781. The van der Waals surface area contributed by atoms with Crippen LogP contribution >= 0.6 is 0 Å². The van der Waals surface area contributed by atoms with Gasteiger partial charge in [0.1, 0.15) is 30.9 Å². The number of imidazole rings is 1. The highest BCUT2D eigenvalue weighted by Gasteiger charge is 2.37. The minimum Gasteiger partial charge on any atom is -0.382 e. The summed E-state index contributed by atoms with van der Waals surface area (Å²) in [7, 11) is 6.25. The van der Waals surface area contributed by atoms with Gasteiger partial charge in [-0.1, -0.05) is 0 Å². The molecule has 4 aromatic rings. The van der Waals surface area contributed by atoms with Crippen molar-refractivity contribution in [3.05, 3.63) is 24.0 Å². The van der Waals surface area contributed by atoms with Gasteiger partial charge in [-0.25, -0.2) is 27.7 Å². The summed E-state index contributed by atoms with van der Waals surface area (Å²) in [4.78, 5) is 15.5. The summed E-state index contributed by atoms with van der Waals surface area (Å²) in [5.41, 5.74) is 8.92. The van der Waals surface area contributed by atoms with Crippen LogP contribution in [0, 0.1) is 6.92 Å². The fraction of sp³-hybridized carbons (Fsp3) is 0.478. The normalized spacial score (nSPS) is 21.1. The van der Waals surface area contributed by atoms with Gasteiger partial charge in [0.2, 0.25) is 5.95 Å². The Morgan fingerprint density at radius 1 is 1.19 bits per heavy atom. The van der Waals surface area contributed by atoms with E-state index in [1.54, 1.807) is 25.1 Å². The first kappa shape index (κ1) is 23.1. The summed E-state index contributed by atoms with van der Waals surface area (Å²) in [5, 5.41) is 7.56. The van der Waals surface area contributed by atoms with E-state index in [0.717, 1.165) is 19.4 Å². The maximum Gasteiger partial charge on any atom is 0.256 e. The molecule has 5 heterocycles. The van der Waals surface area contributed by atoms with Gasteiger partial charge in [-0.3, -0.25) is 4.90 Å². The number of anilines is 2. The smallest absolute Gasteiger partial charge is 0.256 e. The van der Waals surface area contributed by atoms with E-state index in [0.29, 0.717) is 52.8 Å². The number of hydrogen-bond donors (Lipinski definition) is 2. The number of pyridine rings is 1. The van der Waals surface area contributed by atoms with E-state index < -0.39 is 25.2 Å². The number of rotatable bonds is 6. The fourth-order valence-corrected chi connectivity index (χ4v) is 5.06. The number of nitrogens with zero attached hydrogens (tertiary/aromatic N) is 7. The molecule has 1 aliphatic carbocycles. The number of nitrogens with two attached hydrogens (primary N) is 1. The van der Waals surface area contributed by atoms with Gasteiger partial charge < -0.3 is 15.6 Å². The highest BCUT2D eigenvalue weighted by molar-refractivity contribution is 6.32. The minimum absolute atomic E-state index is 0.143. The number of nitrogens with one attached hydrogen (secondary N) is 1. The van der Waals surface area contributed by atoms with Gasteiger partial charge in [-0.15, -0.1) is 5.10 Å². The van der Waals surface area contributed by atoms with Crippen LogP contribution in [0.4, 0.5) is 24.9 Å². The van der Waals surface area contributed by atoms with Crippen molar-refractivity contribution >= 4 is 41.9 Å². The number of likely N-dealkylation sites (tertiary alicyclic amines) is 1. The van der Waals surface area contributed by atoms with Crippen LogP contribution in [0.3, 0.4) is 0 Å². The van der Waals surface area contributed by atoms with Crippen LogP contribution in [0.1, 0.15) is 25.1 Å². The lowest BCUT2D eigenvalue weighted by Crippen LogP contribution is -2.48. The molecule has 2 radical (unpaired) electrons. The van der Waals surface area contributed by atoms with Crippen molar-refractivity contribution in [1.82, 2.24) is 34.0 Å². The Morgan fingerprint density at radius 2 is 2.00 bits per heavy atom. The molecule has 9 nitrogen and oxygen atoms in total. The lowest BCUT2D eigenvalue weighted by molar-refractivity contribution is 0.120. The Bertz CT molecular complexity index is 1450. The van der Waals surface area contributed by atoms with E-state index in [4.69, 9.17) is 13.6 Å². The number of piperidine rings is 1. The van der Waals surface area contributed by atoms with E-state index in [2.05, 4.69) is 30.3 Å². The average molecular weight is 495 g/mol. The van der Waals surface area contributed by atoms with E-state index in [-0.39, 0.29) is 17.4 Å². The van der Waals surface area contributed by atoms with Crippen LogP contribution in [0.25, 0.3) is 27.9 Å². The first-order valence-electron chi connectivity index (χ1n) is 12.0. The molecule has 186 valence electrons. The molecular weight excluding hydrogens is 470 g/mol. The van der Waals surface area contributed by atoms with Crippen LogP contribution in [0.15, 0.2) is 18.2 Å². The van der Waals surface area contributed by atoms with Crippen molar-refractivity contribution in [2.45, 2.75) is 57.4 Å². The third-order valence-electron chi connectivity index (χ3n) is 7.00. The van der Waals surface area contributed by atoms with Crippen LogP contribution < -0.4 is 16.6 Å². The molecule has 2 aliphatic rings. The number of halogens is 3. The summed E-state index contributed by atoms with van der Waals surface area (Å²) < 4.78 is 43.9. The number of fused-ring (bicyclic) bond motifs is 2. The van der Waals surface area contributed by atoms with Gasteiger partial charge in [0, 0.05) is 24.7 Å². The molecule has 3 N–H and O–H groups in total. The molecule has 0 amide bonds. The van der Waals surface area contributed by atoms with Gasteiger partial charge >= 0.3 is 0 Å². The molecule has 6 rings (SSSR count). The van der Waals surface area contributed by atoms with E-state index in [1.165, 1.54) is 9.08 Å². The van der Waals surface area contributed by atoms with Crippen LogP contribution in [-0.4, -0.2) is 79.6 Å². The van der Waals surface area contributed by atoms with Crippen molar-refractivity contribution in [3.8, 4) is 11.3 Å². The van der Waals surface area contributed by atoms with Gasteiger partial charge in [-0.2, -0.15) is 4.98 Å². The standard InChI is InChI=1S/C23H25BF3N9/c1-11-29-17-5-4-15(30-22(17)35(11)10-19(26)27)13-8-18(24)36-20(13)21(28)32-23(33-36)31-16-6-7-34(9-14(16)25)12-2-3-12/h4-5,8,12,14,16,19H,2-3,6-7,9-10H2,1H3,(H3,28,31,32,33). The van der Waals surface area contributed by atoms with Crippen molar-refractivity contribution in [3.63, 3.8) is 0 Å². The number of aryl methyl sites for hydroxylation is 1. The molecule has 1 aliphatic heterocycles. The third kappa shape index (κ3) is 4.04. The Morgan fingerprint density at radius 3 is 2.72 bits per heavy atom. The second-order valence-corrected chi connectivity index (χ2v) is 9.55. The topological polar surface area (TPSA) is 102 Å². The SMILES string of the molecule is [B]c1cc(-c2ccc3nc(C)n(CC(F)F)c3n2)c2c(N)nc(NC3CCN(C4CC4)CC3F)nn12. The average Bonchev–Trinajstić information content (AvgIpc) is 3.57. The van der Waals surface area contributed by atoms with Gasteiger partial charge in [0.15, 0.2) is 11.5 Å². The summed E-state index contributed by atoms with van der Waals surface area (Å²) in [6.45, 7) is 2.37. The largest absolute Gasteiger partial charge is 0.382 e. The molecule has 0 bridgehead atoms. The second-order valence-electron chi connectivity index (χ2n) is 9.55. The van der Waals surface area contributed by atoms with Crippen LogP contribution in [0.5, 0.6) is 0 Å². The summed E-state index contributed by atoms with van der Waals surface area (Å²) in [6, 6.07) is 5.20. The zero-order valence-corrected chi connectivity index (χ0v) is 19.7. The molecule has 2 unspecified atom stereocenters. The highest BCUT2D eigenvalue weighted by atomic mass is 19.3. The zero-order valence-electron chi connectivity index (χ0n) is 19.7. The van der Waals surface area contributed by atoms with Crippen molar-refractivity contribution < 1.29 is 13.2 Å². The highest BCUT2D eigenvalue weighted by Crippen LogP contribution is 2.32. The Labute approximate surface area is 206 Å². The lowest BCUT2D eigenvalue weighted by atomic mass is 10.0. The fourth-order valence-electron chi connectivity index (χ4n) is 5.06. The molecule has 2 atom stereocenters. The number of hydrogen-bond acceptors (Lipinski definition) is 7. The zero-order chi connectivity index (χ0) is 25.1. The van der Waals surface area contributed by atoms with Crippen molar-refractivity contribution in [2.75, 3.05) is 24.1 Å². The summed E-state index contributed by atoms with van der Waals surface area (Å²) in [6.07, 6.45) is -0.660. The molecule has 36 heavy (non-hydrogen) atoms. The number of alkyl halides is 3. The van der Waals surface area contributed by atoms with Crippen LogP contribution in [0.2, 0.25) is 0 Å². The number of aromatic nitrogens is 6. The Kier molecular flexibility index (Phi) is 5.54. The van der Waals surface area contributed by atoms with Crippen molar-refractivity contribution in [2.24, 2.45) is 0 Å². The monoisotopic (exact) mass is 495 g/mol. The Hall–Kier alpha value is -3.35. The quantitative estimate of drug-likeness (QED) is 0.395. The predicted molar refractivity (Wildman–Crippen MR) is 132 cm³/mol. The van der Waals surface area contributed by atoms with Crippen molar-refractivity contribution in [1.29, 1.82) is 0 Å². The molecule has 2 fully saturated rings.